The van der Waals surface area contributed by atoms with E-state index >= 15 is 0 Å². The van der Waals surface area contributed by atoms with Crippen LogP contribution in [0.15, 0.2) is 47.0 Å². The molecule has 0 saturated heterocycles. The second-order valence-corrected chi connectivity index (χ2v) is 5.27. The van der Waals surface area contributed by atoms with Gasteiger partial charge in [-0.2, -0.15) is 4.98 Å². The van der Waals surface area contributed by atoms with Crippen molar-refractivity contribution in [2.75, 3.05) is 6.54 Å². The maximum atomic E-state index is 5.11. The molecule has 0 aliphatic heterocycles. The smallest absolute Gasteiger partial charge is 0.227 e. The number of aryl methyl sites for hydroxylation is 1. The molecule has 1 heterocycles. The van der Waals surface area contributed by atoms with Gasteiger partial charge < -0.3 is 9.84 Å². The quantitative estimate of drug-likeness (QED) is 0.778. The summed E-state index contributed by atoms with van der Waals surface area (Å²) in [6, 6.07) is 15.3. The summed E-state index contributed by atoms with van der Waals surface area (Å²) in [5.41, 5.74) is 1.29. The number of rotatable bonds is 5. The molecule has 1 atom stereocenters. The van der Waals surface area contributed by atoms with Crippen molar-refractivity contribution in [2.24, 2.45) is 0 Å². The Hall–Kier alpha value is -2.20. The number of nitrogens with one attached hydrogen (secondary N) is 1. The second kappa shape index (κ2) is 6.06. The first-order valence-corrected chi connectivity index (χ1v) is 7.23. The van der Waals surface area contributed by atoms with Gasteiger partial charge in [-0.1, -0.05) is 41.6 Å². The van der Waals surface area contributed by atoms with E-state index in [4.69, 9.17) is 4.52 Å². The van der Waals surface area contributed by atoms with Crippen molar-refractivity contribution in [1.82, 2.24) is 15.5 Å². The maximum Gasteiger partial charge on any atom is 0.227 e. The minimum absolute atomic E-state index is 0.290. The van der Waals surface area contributed by atoms with Crippen LogP contribution in [0.1, 0.15) is 30.2 Å². The van der Waals surface area contributed by atoms with Gasteiger partial charge in [0.2, 0.25) is 5.89 Å². The zero-order chi connectivity index (χ0) is 14.7. The lowest BCUT2D eigenvalue weighted by Crippen LogP contribution is -2.21. The van der Waals surface area contributed by atoms with Crippen molar-refractivity contribution >= 4 is 10.8 Å². The van der Waals surface area contributed by atoms with Crippen LogP contribution in [0.2, 0.25) is 0 Å². The van der Waals surface area contributed by atoms with Crippen molar-refractivity contribution in [3.8, 4) is 0 Å². The summed E-state index contributed by atoms with van der Waals surface area (Å²) in [4.78, 5) is 4.20. The maximum absolute atomic E-state index is 5.11. The van der Waals surface area contributed by atoms with E-state index in [0.717, 1.165) is 13.0 Å². The molecule has 0 saturated carbocycles. The van der Waals surface area contributed by atoms with E-state index in [1.807, 2.05) is 6.92 Å². The lowest BCUT2D eigenvalue weighted by atomic mass is 10.0. The number of aromatic nitrogens is 2. The summed E-state index contributed by atoms with van der Waals surface area (Å²) in [7, 11) is 0. The van der Waals surface area contributed by atoms with Gasteiger partial charge >= 0.3 is 0 Å². The average molecular weight is 281 g/mol. The first-order chi connectivity index (χ1) is 10.2. The van der Waals surface area contributed by atoms with E-state index in [1.165, 1.54) is 16.3 Å². The largest absolute Gasteiger partial charge is 0.339 e. The Morgan fingerprint density at radius 3 is 2.71 bits per heavy atom. The second-order valence-electron chi connectivity index (χ2n) is 5.27. The number of hydrogen-bond donors (Lipinski definition) is 1. The van der Waals surface area contributed by atoms with Gasteiger partial charge in [0.05, 0.1) is 0 Å². The fourth-order valence-electron chi connectivity index (χ4n) is 2.43. The molecule has 2 aromatic carbocycles. The Labute approximate surface area is 124 Å². The molecule has 0 bridgehead atoms. The SMILES string of the molecule is Cc1noc(CCNC(C)c2ccc3ccccc3c2)n1. The summed E-state index contributed by atoms with van der Waals surface area (Å²) in [5.74, 6) is 1.37. The lowest BCUT2D eigenvalue weighted by molar-refractivity contribution is 0.370. The number of hydrogen-bond acceptors (Lipinski definition) is 4. The van der Waals surface area contributed by atoms with Crippen molar-refractivity contribution in [3.05, 3.63) is 59.7 Å². The van der Waals surface area contributed by atoms with Crippen LogP contribution in [-0.4, -0.2) is 16.7 Å². The molecule has 0 amide bonds. The van der Waals surface area contributed by atoms with E-state index in [0.29, 0.717) is 17.8 Å². The summed E-state index contributed by atoms with van der Waals surface area (Å²) < 4.78 is 5.11. The van der Waals surface area contributed by atoms with Gasteiger partial charge in [0, 0.05) is 19.0 Å². The third kappa shape index (κ3) is 3.28. The van der Waals surface area contributed by atoms with Crippen molar-refractivity contribution in [1.29, 1.82) is 0 Å². The van der Waals surface area contributed by atoms with Crippen LogP contribution in [0.25, 0.3) is 10.8 Å². The first-order valence-electron chi connectivity index (χ1n) is 7.23. The minimum atomic E-state index is 0.290. The molecular formula is C17H19N3O. The third-order valence-corrected chi connectivity index (χ3v) is 3.63. The number of fused-ring (bicyclic) bond motifs is 1. The highest BCUT2D eigenvalue weighted by atomic mass is 16.5. The third-order valence-electron chi connectivity index (χ3n) is 3.63. The normalized spacial score (nSPS) is 12.7. The summed E-state index contributed by atoms with van der Waals surface area (Å²) in [5, 5.41) is 9.83. The number of benzene rings is 2. The Bertz CT molecular complexity index is 735. The Kier molecular flexibility index (Phi) is 3.97. The monoisotopic (exact) mass is 281 g/mol. The molecular weight excluding hydrogens is 262 g/mol. The Balaban J connectivity index is 1.62. The predicted molar refractivity (Wildman–Crippen MR) is 83.1 cm³/mol. The highest BCUT2D eigenvalue weighted by molar-refractivity contribution is 5.83. The van der Waals surface area contributed by atoms with Crippen molar-refractivity contribution in [2.45, 2.75) is 26.3 Å². The molecule has 1 unspecified atom stereocenters. The van der Waals surface area contributed by atoms with Gasteiger partial charge in [-0.25, -0.2) is 0 Å². The highest BCUT2D eigenvalue weighted by Crippen LogP contribution is 2.20. The van der Waals surface area contributed by atoms with Gasteiger partial charge in [-0.3, -0.25) is 0 Å². The molecule has 1 aromatic heterocycles. The highest BCUT2D eigenvalue weighted by Gasteiger charge is 2.07. The van der Waals surface area contributed by atoms with Crippen LogP contribution >= 0.6 is 0 Å². The van der Waals surface area contributed by atoms with E-state index in [-0.39, 0.29) is 0 Å². The predicted octanol–water partition coefficient (Wildman–Crippen LogP) is 3.42. The van der Waals surface area contributed by atoms with Gasteiger partial charge in [0.25, 0.3) is 0 Å². The van der Waals surface area contributed by atoms with Crippen LogP contribution in [0.5, 0.6) is 0 Å². The molecule has 0 fully saturated rings. The summed E-state index contributed by atoms with van der Waals surface area (Å²) in [6.45, 7) is 4.82. The summed E-state index contributed by atoms with van der Waals surface area (Å²) >= 11 is 0. The van der Waals surface area contributed by atoms with E-state index in [9.17, 15) is 0 Å². The molecule has 4 heteroatoms. The molecule has 0 spiro atoms. The molecule has 3 aromatic rings. The van der Waals surface area contributed by atoms with Crippen molar-refractivity contribution < 1.29 is 4.52 Å². The minimum Gasteiger partial charge on any atom is -0.339 e. The molecule has 4 nitrogen and oxygen atoms in total. The molecule has 108 valence electrons. The van der Waals surface area contributed by atoms with Gasteiger partial charge in [-0.15, -0.1) is 0 Å². The van der Waals surface area contributed by atoms with Crippen LogP contribution in [0.3, 0.4) is 0 Å². The van der Waals surface area contributed by atoms with Gasteiger partial charge in [-0.05, 0) is 36.2 Å². The molecule has 21 heavy (non-hydrogen) atoms. The van der Waals surface area contributed by atoms with Crippen LogP contribution in [0, 0.1) is 6.92 Å². The molecule has 1 N–H and O–H groups in total. The topological polar surface area (TPSA) is 51.0 Å². The Morgan fingerprint density at radius 2 is 1.95 bits per heavy atom. The van der Waals surface area contributed by atoms with Crippen LogP contribution < -0.4 is 5.32 Å². The van der Waals surface area contributed by atoms with E-state index in [2.05, 4.69) is 64.8 Å². The fourth-order valence-corrected chi connectivity index (χ4v) is 2.43. The van der Waals surface area contributed by atoms with Gasteiger partial charge in [0.15, 0.2) is 5.82 Å². The molecule has 0 aliphatic rings. The van der Waals surface area contributed by atoms with Crippen LogP contribution in [-0.2, 0) is 6.42 Å². The Morgan fingerprint density at radius 1 is 1.14 bits per heavy atom. The van der Waals surface area contributed by atoms with Gasteiger partial charge in [0.1, 0.15) is 0 Å². The fraction of sp³-hybridized carbons (Fsp3) is 0.294. The standard InChI is InChI=1S/C17H19N3O/c1-12(18-10-9-17-19-13(2)20-21-17)15-8-7-14-5-3-4-6-16(14)11-15/h3-8,11-12,18H,9-10H2,1-2H3. The zero-order valence-electron chi connectivity index (χ0n) is 12.3. The molecule has 0 aliphatic carbocycles. The zero-order valence-corrected chi connectivity index (χ0v) is 12.3. The van der Waals surface area contributed by atoms with Crippen molar-refractivity contribution in [3.63, 3.8) is 0 Å². The lowest BCUT2D eigenvalue weighted by Gasteiger charge is -2.14. The summed E-state index contributed by atoms with van der Waals surface area (Å²) in [6.07, 6.45) is 0.749. The van der Waals surface area contributed by atoms with E-state index < -0.39 is 0 Å². The van der Waals surface area contributed by atoms with E-state index in [1.54, 1.807) is 0 Å². The molecule has 0 radical (unpaired) electrons. The first kappa shape index (κ1) is 13.8. The molecule has 3 rings (SSSR count). The number of nitrogens with zero attached hydrogens (tertiary/aromatic N) is 2. The average Bonchev–Trinajstić information content (AvgIpc) is 2.92. The van der Waals surface area contributed by atoms with Crippen LogP contribution in [0.4, 0.5) is 0 Å².